The van der Waals surface area contributed by atoms with Crippen LogP contribution in [0.1, 0.15) is 47.0 Å². The Bertz CT molecular complexity index is 575. The summed E-state index contributed by atoms with van der Waals surface area (Å²) in [6.07, 6.45) is 25.7. The molecule has 1 rings (SSSR count). The summed E-state index contributed by atoms with van der Waals surface area (Å²) in [4.78, 5) is 0. The minimum Gasteiger partial charge on any atom is -0.405 e. The van der Waals surface area contributed by atoms with Gasteiger partial charge in [-0.25, -0.2) is 0 Å². The van der Waals surface area contributed by atoms with E-state index in [1.807, 2.05) is 19.9 Å². The van der Waals surface area contributed by atoms with Crippen LogP contribution in [0.15, 0.2) is 95.8 Å². The highest BCUT2D eigenvalue weighted by Crippen LogP contribution is 2.20. The number of allylic oxidation sites excluding steroid dienone is 14. The highest BCUT2D eigenvalue weighted by atomic mass is 14.5. The quantitative estimate of drug-likeness (QED) is 0.409. The van der Waals surface area contributed by atoms with Gasteiger partial charge in [0.2, 0.25) is 0 Å². The average Bonchev–Trinajstić information content (AvgIpc) is 2.89. The van der Waals surface area contributed by atoms with Crippen LogP contribution in [0.3, 0.4) is 0 Å². The molecule has 0 amide bonds. The first-order valence-electron chi connectivity index (χ1n) is 8.83. The van der Waals surface area contributed by atoms with Crippen molar-refractivity contribution in [1.29, 1.82) is 0 Å². The Hall–Kier alpha value is -2.28. The van der Waals surface area contributed by atoms with Crippen molar-refractivity contribution in [3.8, 4) is 0 Å². The Balaban J connectivity index is 0.00000254. The SMILES string of the molecule is C=C(/C=C(\C=C\N)C1=CC=CCC=C1)C(C)=CC/C=C\CC.CC. The minimum absolute atomic E-state index is 0.944. The van der Waals surface area contributed by atoms with Crippen molar-refractivity contribution in [2.75, 3.05) is 0 Å². The molecule has 130 valence electrons. The van der Waals surface area contributed by atoms with Crippen LogP contribution in [0.5, 0.6) is 0 Å². The highest BCUT2D eigenvalue weighted by Gasteiger charge is 2.01. The van der Waals surface area contributed by atoms with Crippen LogP contribution in [-0.2, 0) is 0 Å². The van der Waals surface area contributed by atoms with Gasteiger partial charge in [-0.05, 0) is 66.8 Å². The molecule has 0 aromatic carbocycles. The van der Waals surface area contributed by atoms with Gasteiger partial charge in [0.25, 0.3) is 0 Å². The van der Waals surface area contributed by atoms with Crippen LogP contribution in [0, 0.1) is 0 Å². The lowest BCUT2D eigenvalue weighted by Crippen LogP contribution is -1.89. The molecular weight excluding hydrogens is 290 g/mol. The van der Waals surface area contributed by atoms with Crippen molar-refractivity contribution in [2.24, 2.45) is 5.73 Å². The molecule has 1 nitrogen and oxygen atoms in total. The molecule has 1 heteroatoms. The molecule has 0 spiro atoms. The van der Waals surface area contributed by atoms with Crippen molar-refractivity contribution in [3.63, 3.8) is 0 Å². The van der Waals surface area contributed by atoms with Crippen molar-refractivity contribution in [1.82, 2.24) is 0 Å². The monoisotopic (exact) mass is 323 g/mol. The topological polar surface area (TPSA) is 26.0 Å². The molecule has 0 radical (unpaired) electrons. The maximum atomic E-state index is 5.60. The van der Waals surface area contributed by atoms with E-state index >= 15 is 0 Å². The summed E-state index contributed by atoms with van der Waals surface area (Å²) in [7, 11) is 0. The number of hydrogen-bond donors (Lipinski definition) is 1. The van der Waals surface area contributed by atoms with E-state index in [1.165, 1.54) is 5.57 Å². The van der Waals surface area contributed by atoms with E-state index in [1.54, 1.807) is 6.20 Å². The molecule has 1 aliphatic carbocycles. The predicted octanol–water partition coefficient (Wildman–Crippen LogP) is 6.71. The molecule has 0 aromatic rings. The van der Waals surface area contributed by atoms with E-state index in [0.29, 0.717) is 0 Å². The molecule has 0 aromatic heterocycles. The minimum atomic E-state index is 0.944. The molecule has 0 saturated carbocycles. The standard InChI is InChI=1S/C21H27N.C2H6/c1-4-5-6-9-12-18(2)19(3)17-21(15-16-22)20-13-10-7-8-11-14-20;1-2/h5-7,10-17H,3-4,8-9,22H2,1-2H3;1-2H3/b6-5-,16-15+,18-12?,21-17+;. The summed E-state index contributed by atoms with van der Waals surface area (Å²) in [5.74, 6) is 0. The van der Waals surface area contributed by atoms with Crippen LogP contribution in [-0.4, -0.2) is 0 Å². The van der Waals surface area contributed by atoms with Gasteiger partial charge < -0.3 is 5.73 Å². The van der Waals surface area contributed by atoms with Crippen LogP contribution < -0.4 is 5.73 Å². The molecule has 24 heavy (non-hydrogen) atoms. The Morgan fingerprint density at radius 2 is 2.00 bits per heavy atom. The number of hydrogen-bond acceptors (Lipinski definition) is 1. The third-order valence-electron chi connectivity index (χ3n) is 3.39. The third-order valence-corrected chi connectivity index (χ3v) is 3.39. The second-order valence-electron chi connectivity index (χ2n) is 5.17. The first-order valence-corrected chi connectivity index (χ1v) is 8.83. The van der Waals surface area contributed by atoms with Gasteiger partial charge in [0.1, 0.15) is 0 Å². The number of rotatable bonds is 7. The van der Waals surface area contributed by atoms with Gasteiger partial charge >= 0.3 is 0 Å². The maximum Gasteiger partial charge on any atom is -0.00561 e. The molecule has 0 bridgehead atoms. The first kappa shape index (κ1) is 21.7. The van der Waals surface area contributed by atoms with Gasteiger partial charge in [0, 0.05) is 0 Å². The Labute approximate surface area is 149 Å². The molecule has 0 saturated heterocycles. The summed E-state index contributed by atoms with van der Waals surface area (Å²) in [6, 6.07) is 0. The van der Waals surface area contributed by atoms with Crippen molar-refractivity contribution >= 4 is 0 Å². The van der Waals surface area contributed by atoms with Gasteiger partial charge in [-0.15, -0.1) is 0 Å². The number of nitrogens with two attached hydrogens (primary N) is 1. The normalized spacial score (nSPS) is 15.2. The van der Waals surface area contributed by atoms with Gasteiger partial charge in [0.15, 0.2) is 0 Å². The van der Waals surface area contributed by atoms with Gasteiger partial charge in [-0.1, -0.05) is 76.0 Å². The summed E-state index contributed by atoms with van der Waals surface area (Å²) >= 11 is 0. The molecule has 0 unspecified atom stereocenters. The molecule has 0 heterocycles. The lowest BCUT2D eigenvalue weighted by atomic mass is 9.99. The first-order chi connectivity index (χ1) is 11.7. The van der Waals surface area contributed by atoms with Crippen molar-refractivity contribution < 1.29 is 0 Å². The third kappa shape index (κ3) is 8.99. The van der Waals surface area contributed by atoms with Crippen LogP contribution >= 0.6 is 0 Å². The van der Waals surface area contributed by atoms with E-state index in [-0.39, 0.29) is 0 Å². The molecular formula is C23H33N. The smallest absolute Gasteiger partial charge is 0.00561 e. The highest BCUT2D eigenvalue weighted by molar-refractivity contribution is 5.53. The van der Waals surface area contributed by atoms with Gasteiger partial charge in [-0.3, -0.25) is 0 Å². The van der Waals surface area contributed by atoms with E-state index < -0.39 is 0 Å². The fraction of sp³-hybridized carbons (Fsp3) is 0.304. The van der Waals surface area contributed by atoms with Crippen molar-refractivity contribution in [2.45, 2.75) is 47.0 Å². The zero-order valence-corrected chi connectivity index (χ0v) is 15.8. The summed E-state index contributed by atoms with van der Waals surface area (Å²) in [6.45, 7) is 12.4. The average molecular weight is 324 g/mol. The molecule has 1 aliphatic rings. The molecule has 0 aliphatic heterocycles. The Morgan fingerprint density at radius 1 is 1.25 bits per heavy atom. The summed E-state index contributed by atoms with van der Waals surface area (Å²) in [5, 5.41) is 0. The fourth-order valence-corrected chi connectivity index (χ4v) is 2.04. The maximum absolute atomic E-state index is 5.60. The van der Waals surface area contributed by atoms with Crippen LogP contribution in [0.25, 0.3) is 0 Å². The van der Waals surface area contributed by atoms with E-state index in [2.05, 4.69) is 75.1 Å². The Morgan fingerprint density at radius 3 is 2.67 bits per heavy atom. The van der Waals surface area contributed by atoms with E-state index in [0.717, 1.165) is 36.0 Å². The second-order valence-corrected chi connectivity index (χ2v) is 5.17. The summed E-state index contributed by atoms with van der Waals surface area (Å²) in [5.41, 5.74) is 10.0. The van der Waals surface area contributed by atoms with Crippen LogP contribution in [0.2, 0.25) is 0 Å². The largest absolute Gasteiger partial charge is 0.405 e. The Kier molecular flexibility index (Phi) is 13.0. The zero-order valence-electron chi connectivity index (χ0n) is 15.8. The van der Waals surface area contributed by atoms with Gasteiger partial charge in [0.05, 0.1) is 0 Å². The molecule has 0 atom stereocenters. The van der Waals surface area contributed by atoms with E-state index in [9.17, 15) is 0 Å². The zero-order chi connectivity index (χ0) is 18.2. The van der Waals surface area contributed by atoms with Crippen LogP contribution in [0.4, 0.5) is 0 Å². The van der Waals surface area contributed by atoms with Gasteiger partial charge in [-0.2, -0.15) is 0 Å². The lowest BCUT2D eigenvalue weighted by molar-refractivity contribution is 1.19. The fourth-order valence-electron chi connectivity index (χ4n) is 2.04. The lowest BCUT2D eigenvalue weighted by Gasteiger charge is -2.06. The second kappa shape index (κ2) is 14.3. The molecule has 0 fully saturated rings. The summed E-state index contributed by atoms with van der Waals surface area (Å²) < 4.78 is 0. The van der Waals surface area contributed by atoms with E-state index in [4.69, 9.17) is 5.73 Å². The molecule has 2 N–H and O–H groups in total. The predicted molar refractivity (Wildman–Crippen MR) is 111 cm³/mol. The van der Waals surface area contributed by atoms with Crippen molar-refractivity contribution in [3.05, 3.63) is 95.8 Å².